The summed E-state index contributed by atoms with van der Waals surface area (Å²) in [7, 11) is -4.72. The zero-order valence-electron chi connectivity index (χ0n) is 7.23. The molecule has 0 bridgehead atoms. The molecule has 0 unspecified atom stereocenters. The molecule has 0 saturated heterocycles. The first-order valence-corrected chi connectivity index (χ1v) is 5.08. The predicted octanol–water partition coefficient (Wildman–Crippen LogP) is 1.26. The smallest absolute Gasteiger partial charge is 0.188 e. The van der Waals surface area contributed by atoms with Crippen LogP contribution in [-0.4, -0.2) is 18.6 Å². The van der Waals surface area contributed by atoms with Crippen LogP contribution in [0.4, 0.5) is 3.89 Å². The van der Waals surface area contributed by atoms with Crippen LogP contribution in [0.25, 0.3) is 0 Å². The summed E-state index contributed by atoms with van der Waals surface area (Å²) in [6.45, 7) is 3.77. The summed E-state index contributed by atoms with van der Waals surface area (Å²) in [5.74, 6) is 0.142. The molecule has 1 aromatic rings. The number of aromatic nitrogens is 2. The fraction of sp³-hybridized carbons (Fsp3) is 0.429. The second kappa shape index (κ2) is 3.37. The highest BCUT2D eigenvalue weighted by Crippen LogP contribution is 2.12. The van der Waals surface area contributed by atoms with Crippen molar-refractivity contribution in [2.24, 2.45) is 0 Å². The Morgan fingerprint density at radius 2 is 1.92 bits per heavy atom. The van der Waals surface area contributed by atoms with E-state index in [4.69, 9.17) is 0 Å². The van der Waals surface area contributed by atoms with E-state index in [9.17, 15) is 12.3 Å². The van der Waals surface area contributed by atoms with Crippen LogP contribution in [0.1, 0.15) is 25.5 Å². The van der Waals surface area contributed by atoms with Crippen LogP contribution < -0.4 is 0 Å². The van der Waals surface area contributed by atoms with Gasteiger partial charge < -0.3 is 0 Å². The van der Waals surface area contributed by atoms with Crippen molar-refractivity contribution < 1.29 is 12.3 Å². The van der Waals surface area contributed by atoms with Crippen molar-refractivity contribution in [1.82, 2.24) is 10.2 Å². The molecule has 0 saturated carbocycles. The molecule has 0 aliphatic heterocycles. The molecule has 0 aromatic carbocycles. The van der Waals surface area contributed by atoms with E-state index < -0.39 is 15.2 Å². The van der Waals surface area contributed by atoms with E-state index in [2.05, 4.69) is 10.2 Å². The highest BCUT2D eigenvalue weighted by molar-refractivity contribution is 7.86. The number of halogens is 1. The van der Waals surface area contributed by atoms with Crippen LogP contribution >= 0.6 is 0 Å². The Kier molecular flexibility index (Phi) is 2.60. The lowest BCUT2D eigenvalue weighted by Crippen LogP contribution is -2.01. The second-order valence-corrected chi connectivity index (χ2v) is 4.18. The molecule has 0 N–H and O–H groups in total. The minimum Gasteiger partial charge on any atom is -0.188 e. The Morgan fingerprint density at radius 1 is 1.31 bits per heavy atom. The molecule has 1 rings (SSSR count). The zero-order valence-corrected chi connectivity index (χ0v) is 8.05. The Balaban J connectivity index is 3.08. The molecule has 0 radical (unpaired) electrons. The van der Waals surface area contributed by atoms with Gasteiger partial charge in [0.15, 0.2) is 0 Å². The van der Waals surface area contributed by atoms with Gasteiger partial charge in [-0.15, -0.1) is 5.10 Å². The number of hydrogen-bond donors (Lipinski definition) is 0. The summed E-state index contributed by atoms with van der Waals surface area (Å²) >= 11 is 0. The SMILES string of the molecule is CC(C)c1ccc(S(=O)(=O)F)nn1. The fourth-order valence-corrected chi connectivity index (χ4v) is 1.14. The molecule has 0 fully saturated rings. The van der Waals surface area contributed by atoms with Gasteiger partial charge in [-0.2, -0.15) is 13.5 Å². The van der Waals surface area contributed by atoms with Gasteiger partial charge in [0.1, 0.15) is 0 Å². The van der Waals surface area contributed by atoms with Crippen molar-refractivity contribution >= 4 is 10.2 Å². The van der Waals surface area contributed by atoms with Gasteiger partial charge in [0.25, 0.3) is 0 Å². The van der Waals surface area contributed by atoms with Crippen molar-refractivity contribution in [2.45, 2.75) is 24.8 Å². The Bertz CT molecular complexity index is 385. The van der Waals surface area contributed by atoms with Gasteiger partial charge in [0.2, 0.25) is 5.03 Å². The number of nitrogens with zero attached hydrogens (tertiary/aromatic N) is 2. The average molecular weight is 204 g/mol. The number of rotatable bonds is 2. The quantitative estimate of drug-likeness (QED) is 0.680. The lowest BCUT2D eigenvalue weighted by atomic mass is 10.1. The van der Waals surface area contributed by atoms with Gasteiger partial charge in [-0.1, -0.05) is 17.7 Å². The summed E-state index contributed by atoms with van der Waals surface area (Å²) in [5.41, 5.74) is 0.632. The molecule has 0 aliphatic rings. The Morgan fingerprint density at radius 3 is 2.23 bits per heavy atom. The zero-order chi connectivity index (χ0) is 10.1. The van der Waals surface area contributed by atoms with Crippen molar-refractivity contribution in [3.05, 3.63) is 17.8 Å². The summed E-state index contributed by atoms with van der Waals surface area (Å²) in [6.07, 6.45) is 0. The maximum Gasteiger partial charge on any atom is 0.351 e. The van der Waals surface area contributed by atoms with E-state index in [1.165, 1.54) is 6.07 Å². The van der Waals surface area contributed by atoms with Crippen LogP contribution in [0.15, 0.2) is 17.2 Å². The third-order valence-electron chi connectivity index (χ3n) is 1.50. The molecule has 0 spiro atoms. The average Bonchev–Trinajstić information content (AvgIpc) is 2.03. The molecule has 72 valence electrons. The van der Waals surface area contributed by atoms with Crippen LogP contribution in [0, 0.1) is 0 Å². The van der Waals surface area contributed by atoms with Crippen LogP contribution in [0.2, 0.25) is 0 Å². The third kappa shape index (κ3) is 2.45. The van der Waals surface area contributed by atoms with Gasteiger partial charge in [-0.05, 0) is 18.1 Å². The van der Waals surface area contributed by atoms with Gasteiger partial charge in [0, 0.05) is 0 Å². The number of hydrogen-bond acceptors (Lipinski definition) is 4. The third-order valence-corrected chi connectivity index (χ3v) is 2.22. The normalized spacial score (nSPS) is 12.0. The summed E-state index contributed by atoms with van der Waals surface area (Å²) < 4.78 is 33.0. The maximum atomic E-state index is 12.3. The van der Waals surface area contributed by atoms with Gasteiger partial charge >= 0.3 is 10.2 Å². The molecule has 1 aromatic heterocycles. The first kappa shape index (κ1) is 10.0. The molecule has 0 amide bonds. The summed E-state index contributed by atoms with van der Waals surface area (Å²) in [5, 5.41) is 6.19. The summed E-state index contributed by atoms with van der Waals surface area (Å²) in [4.78, 5) is 0. The van der Waals surface area contributed by atoms with E-state index in [0.29, 0.717) is 5.69 Å². The lowest BCUT2D eigenvalue weighted by molar-refractivity contribution is 0.544. The van der Waals surface area contributed by atoms with Crippen molar-refractivity contribution in [2.75, 3.05) is 0 Å². The fourth-order valence-electron chi connectivity index (χ4n) is 0.768. The molecule has 0 atom stereocenters. The summed E-state index contributed by atoms with van der Waals surface area (Å²) in [6, 6.07) is 2.56. The maximum absolute atomic E-state index is 12.3. The van der Waals surface area contributed by atoms with Gasteiger partial charge in [-0.25, -0.2) is 0 Å². The highest BCUT2D eigenvalue weighted by atomic mass is 32.3. The molecule has 13 heavy (non-hydrogen) atoms. The van der Waals surface area contributed by atoms with E-state index in [-0.39, 0.29) is 5.92 Å². The molecule has 4 nitrogen and oxygen atoms in total. The van der Waals surface area contributed by atoms with E-state index >= 15 is 0 Å². The lowest BCUT2D eigenvalue weighted by Gasteiger charge is -2.01. The molecular formula is C7H9FN2O2S. The van der Waals surface area contributed by atoms with Gasteiger partial charge in [-0.3, -0.25) is 0 Å². The van der Waals surface area contributed by atoms with Crippen molar-refractivity contribution in [3.63, 3.8) is 0 Å². The molecular weight excluding hydrogens is 195 g/mol. The van der Waals surface area contributed by atoms with Crippen molar-refractivity contribution in [3.8, 4) is 0 Å². The topological polar surface area (TPSA) is 59.9 Å². The minimum atomic E-state index is -4.72. The standard InChI is InChI=1S/C7H9FN2O2S/c1-5(2)6-3-4-7(10-9-6)13(8,11)12/h3-5H,1-2H3. The Hall–Kier alpha value is -1.04. The van der Waals surface area contributed by atoms with Gasteiger partial charge in [0.05, 0.1) is 5.69 Å². The van der Waals surface area contributed by atoms with E-state index in [1.54, 1.807) is 0 Å². The molecule has 6 heteroatoms. The monoisotopic (exact) mass is 204 g/mol. The highest BCUT2D eigenvalue weighted by Gasteiger charge is 2.14. The van der Waals surface area contributed by atoms with Crippen LogP contribution in [0.3, 0.4) is 0 Å². The predicted molar refractivity (Wildman–Crippen MR) is 44.4 cm³/mol. The first-order valence-electron chi connectivity index (χ1n) is 3.69. The van der Waals surface area contributed by atoms with Crippen LogP contribution in [-0.2, 0) is 10.2 Å². The van der Waals surface area contributed by atoms with E-state index in [0.717, 1.165) is 6.07 Å². The first-order chi connectivity index (χ1) is 5.91. The largest absolute Gasteiger partial charge is 0.351 e. The van der Waals surface area contributed by atoms with E-state index in [1.807, 2.05) is 13.8 Å². The molecule has 0 aliphatic carbocycles. The minimum absolute atomic E-state index is 0.142. The molecule has 1 heterocycles. The Labute approximate surface area is 76.0 Å². The second-order valence-electron chi connectivity index (χ2n) is 2.89. The van der Waals surface area contributed by atoms with Crippen molar-refractivity contribution in [1.29, 1.82) is 0 Å². The van der Waals surface area contributed by atoms with Crippen LogP contribution in [0.5, 0.6) is 0 Å².